The van der Waals surface area contributed by atoms with Crippen LogP contribution in [0.2, 0.25) is 0 Å². The molecule has 0 radical (unpaired) electrons. The number of halogens is 7. The van der Waals surface area contributed by atoms with Gasteiger partial charge in [0.15, 0.2) is 13.2 Å². The topological polar surface area (TPSA) is 56.3 Å². The van der Waals surface area contributed by atoms with Gasteiger partial charge in [0.2, 0.25) is 17.7 Å². The van der Waals surface area contributed by atoms with Crippen molar-refractivity contribution in [1.29, 1.82) is 0 Å². The summed E-state index contributed by atoms with van der Waals surface area (Å²) >= 11 is 8.60. The van der Waals surface area contributed by atoms with Crippen LogP contribution >= 0.6 is 28.1 Å². The van der Waals surface area contributed by atoms with Gasteiger partial charge in [0, 0.05) is 10.4 Å². The van der Waals surface area contributed by atoms with Gasteiger partial charge < -0.3 is 14.8 Å². The number of hydrogen-bond donors (Lipinski definition) is 1. The molecule has 1 heterocycles. The second-order valence-electron chi connectivity index (χ2n) is 6.40. The smallest absolute Gasteiger partial charge is 0.422 e. The van der Waals surface area contributed by atoms with E-state index < -0.39 is 37.3 Å². The number of rotatable bonds is 8. The number of nitrogens with zero attached hydrogens (tertiary/aromatic N) is 2. The maximum atomic E-state index is 12.4. The van der Waals surface area contributed by atoms with Crippen molar-refractivity contribution in [2.75, 3.05) is 18.5 Å². The molecule has 1 atom stereocenters. The summed E-state index contributed by atoms with van der Waals surface area (Å²) in [5.74, 6) is -1.81. The lowest BCUT2D eigenvalue weighted by atomic mass is 10.0. The van der Waals surface area contributed by atoms with Gasteiger partial charge in [0.1, 0.15) is 0 Å². The highest BCUT2D eigenvalue weighted by molar-refractivity contribution is 9.10. The monoisotopic (exact) mass is 531 g/mol. The van der Waals surface area contributed by atoms with Gasteiger partial charge in [-0.2, -0.15) is 36.3 Å². The lowest BCUT2D eigenvalue weighted by Crippen LogP contribution is -2.23. The van der Waals surface area contributed by atoms with E-state index in [1.165, 1.54) is 0 Å². The summed E-state index contributed by atoms with van der Waals surface area (Å²) in [5.41, 5.74) is 0.970. The summed E-state index contributed by atoms with van der Waals surface area (Å²) in [7, 11) is 0. The second-order valence-corrected chi connectivity index (χ2v) is 7.75. The van der Waals surface area contributed by atoms with E-state index in [1.807, 2.05) is 24.3 Å². The first kappa shape index (κ1) is 25.1. The Morgan fingerprint density at radius 3 is 1.94 bits per heavy atom. The van der Waals surface area contributed by atoms with Crippen molar-refractivity contribution in [2.45, 2.75) is 25.7 Å². The molecule has 0 aliphatic heterocycles. The highest BCUT2D eigenvalue weighted by atomic mass is 79.9. The summed E-state index contributed by atoms with van der Waals surface area (Å²) in [6.45, 7) is -1.58. The number of nitrogens with one attached hydrogen (secondary N) is 1. The number of hydrogen-bond acceptors (Lipinski definition) is 5. The fourth-order valence-electron chi connectivity index (χ4n) is 2.22. The van der Waals surface area contributed by atoms with Gasteiger partial charge in [-0.05, 0) is 24.1 Å². The van der Waals surface area contributed by atoms with E-state index in [0.717, 1.165) is 16.1 Å². The average Bonchev–Trinajstić information content (AvgIpc) is 2.65. The van der Waals surface area contributed by atoms with E-state index in [1.54, 1.807) is 6.92 Å². The van der Waals surface area contributed by atoms with Crippen LogP contribution in [0.25, 0.3) is 0 Å². The molecule has 1 N–H and O–H groups in total. The van der Waals surface area contributed by atoms with Gasteiger partial charge in [-0.1, -0.05) is 47.2 Å². The van der Waals surface area contributed by atoms with Crippen molar-refractivity contribution in [3.8, 4) is 11.8 Å². The zero-order valence-corrected chi connectivity index (χ0v) is 18.3. The summed E-state index contributed by atoms with van der Waals surface area (Å²) in [5, 5.41) is 2.63. The molecule has 0 spiro atoms. The minimum absolute atomic E-state index is 0.234. The number of ether oxygens (including phenoxy) is 2. The summed E-state index contributed by atoms with van der Waals surface area (Å²) in [6, 6.07) is 8.21. The molecule has 5 nitrogen and oxygen atoms in total. The van der Waals surface area contributed by atoms with E-state index in [-0.39, 0.29) is 16.9 Å². The average molecular weight is 532 g/mol. The maximum absolute atomic E-state index is 12.4. The molecule has 2 aromatic rings. The van der Waals surface area contributed by atoms with Crippen LogP contribution in [0, 0.1) is 5.92 Å². The highest BCUT2D eigenvalue weighted by Crippen LogP contribution is 2.24. The molecule has 0 bridgehead atoms. The Morgan fingerprint density at radius 1 is 1.00 bits per heavy atom. The Morgan fingerprint density at radius 2 is 1.48 bits per heavy atom. The molecular formula is C18H16BrF6N3O2S. The van der Waals surface area contributed by atoms with E-state index >= 15 is 0 Å². The molecule has 0 fully saturated rings. The van der Waals surface area contributed by atoms with Gasteiger partial charge in [0.05, 0.1) is 11.1 Å². The third-order valence-corrected chi connectivity index (χ3v) is 4.62. The van der Waals surface area contributed by atoms with Crippen LogP contribution in [0.1, 0.15) is 12.5 Å². The van der Waals surface area contributed by atoms with Crippen molar-refractivity contribution in [3.05, 3.63) is 40.4 Å². The molecule has 1 unspecified atom stereocenters. The molecular weight excluding hydrogens is 516 g/mol. The number of thiocarbonyl (C=S) groups is 1. The molecule has 1 aromatic heterocycles. The normalized spacial score (nSPS) is 12.9. The van der Waals surface area contributed by atoms with E-state index in [4.69, 9.17) is 12.2 Å². The molecule has 2 rings (SSSR count). The van der Waals surface area contributed by atoms with Crippen LogP contribution in [-0.4, -0.2) is 40.5 Å². The Kier molecular flexibility index (Phi) is 8.46. The number of anilines is 1. The Balaban J connectivity index is 2.13. The first-order valence-electron chi connectivity index (χ1n) is 8.64. The second kappa shape index (κ2) is 10.4. The molecule has 0 saturated carbocycles. The van der Waals surface area contributed by atoms with Crippen LogP contribution in [0.5, 0.6) is 11.8 Å². The molecule has 31 heavy (non-hydrogen) atoms. The van der Waals surface area contributed by atoms with Gasteiger partial charge in [0.25, 0.3) is 0 Å². The van der Waals surface area contributed by atoms with Gasteiger partial charge >= 0.3 is 12.4 Å². The van der Waals surface area contributed by atoms with Crippen LogP contribution in [0.4, 0.5) is 32.3 Å². The first-order chi connectivity index (χ1) is 14.3. The fourth-order valence-corrected chi connectivity index (χ4v) is 2.66. The van der Waals surface area contributed by atoms with Crippen LogP contribution in [0.3, 0.4) is 0 Å². The van der Waals surface area contributed by atoms with Gasteiger partial charge in [-0.3, -0.25) is 0 Å². The Bertz CT molecular complexity index is 857. The quantitative estimate of drug-likeness (QED) is 0.346. The fraction of sp³-hybridized carbons (Fsp3) is 0.389. The molecule has 13 heteroatoms. The van der Waals surface area contributed by atoms with Gasteiger partial charge in [-0.15, -0.1) is 0 Å². The van der Waals surface area contributed by atoms with Crippen LogP contribution in [-0.2, 0) is 6.42 Å². The van der Waals surface area contributed by atoms with E-state index in [2.05, 4.69) is 40.7 Å². The van der Waals surface area contributed by atoms with Gasteiger partial charge in [-0.25, -0.2) is 0 Å². The summed E-state index contributed by atoms with van der Waals surface area (Å²) < 4.78 is 84.4. The van der Waals surface area contributed by atoms with E-state index in [0.29, 0.717) is 6.42 Å². The first-order valence-corrected chi connectivity index (χ1v) is 9.84. The summed E-state index contributed by atoms with van der Waals surface area (Å²) in [4.78, 5) is 7.68. The number of aromatic nitrogens is 2. The standard InChI is InChI=1S/C18H16BrF6N3O2S/c1-10(6-11-2-4-12(19)5-3-11)15(31)28-16-26-13(29-8-17(20,21)22)7-14(27-16)30-9-18(23,24)25/h2-5,7,10H,6,8-9H2,1H3,(H,26,27,28,31). The highest BCUT2D eigenvalue weighted by Gasteiger charge is 2.30. The van der Waals surface area contributed by atoms with Crippen molar-refractivity contribution >= 4 is 39.1 Å². The predicted molar refractivity (Wildman–Crippen MR) is 108 cm³/mol. The Hall–Kier alpha value is -2.15. The molecule has 170 valence electrons. The van der Waals surface area contributed by atoms with Crippen LogP contribution < -0.4 is 14.8 Å². The summed E-state index contributed by atoms with van der Waals surface area (Å²) in [6.07, 6.45) is -8.80. The lowest BCUT2D eigenvalue weighted by Gasteiger charge is -2.16. The van der Waals surface area contributed by atoms with Crippen molar-refractivity contribution in [2.24, 2.45) is 5.92 Å². The Labute approximate surface area is 187 Å². The van der Waals surface area contributed by atoms with Crippen LogP contribution in [0.15, 0.2) is 34.8 Å². The molecule has 0 saturated heterocycles. The third kappa shape index (κ3) is 9.68. The lowest BCUT2D eigenvalue weighted by molar-refractivity contribution is -0.154. The van der Waals surface area contributed by atoms with Crippen molar-refractivity contribution in [3.63, 3.8) is 0 Å². The SMILES string of the molecule is CC(Cc1ccc(Br)cc1)C(=S)Nc1nc(OCC(F)(F)F)cc(OCC(F)(F)F)n1. The molecule has 0 amide bonds. The number of benzene rings is 1. The predicted octanol–water partition coefficient (Wildman–Crippen LogP) is 5.74. The zero-order valence-electron chi connectivity index (χ0n) is 15.9. The minimum Gasteiger partial charge on any atom is -0.468 e. The maximum Gasteiger partial charge on any atom is 0.422 e. The largest absolute Gasteiger partial charge is 0.468 e. The van der Waals surface area contributed by atoms with E-state index in [9.17, 15) is 26.3 Å². The molecule has 1 aromatic carbocycles. The van der Waals surface area contributed by atoms with Crippen molar-refractivity contribution < 1.29 is 35.8 Å². The van der Waals surface area contributed by atoms with Crippen molar-refractivity contribution in [1.82, 2.24) is 9.97 Å². The molecule has 0 aliphatic carbocycles. The minimum atomic E-state index is -4.67. The number of alkyl halides is 6. The molecule has 0 aliphatic rings. The third-order valence-electron chi connectivity index (χ3n) is 3.58. The zero-order chi connectivity index (χ0) is 23.2.